The van der Waals surface area contributed by atoms with Crippen LogP contribution in [0.2, 0.25) is 0 Å². The second kappa shape index (κ2) is 6.54. The van der Waals surface area contributed by atoms with Crippen LogP contribution in [0.25, 0.3) is 0 Å². The van der Waals surface area contributed by atoms with Crippen LogP contribution < -0.4 is 5.73 Å². The maximum absolute atomic E-state index is 10.9. The predicted octanol–water partition coefficient (Wildman–Crippen LogP) is 1.53. The van der Waals surface area contributed by atoms with E-state index in [0.29, 0.717) is 12.8 Å². The Balaban J connectivity index is 2.62. The molecule has 0 aliphatic carbocycles. The molecule has 18 heavy (non-hydrogen) atoms. The molecule has 1 aromatic heterocycles. The number of primary amides is 1. The summed E-state index contributed by atoms with van der Waals surface area (Å²) >= 11 is 0. The lowest BCUT2D eigenvalue weighted by molar-refractivity contribution is -0.136. The molecular formula is C13H16N2O3. The highest BCUT2D eigenvalue weighted by molar-refractivity contribution is 5.90. The first-order valence-corrected chi connectivity index (χ1v) is 5.62. The normalized spacial score (nSPS) is 11.3. The van der Waals surface area contributed by atoms with Gasteiger partial charge in [-0.15, -0.1) is 0 Å². The first-order chi connectivity index (χ1) is 8.49. The molecule has 3 N–H and O–H groups in total. The average molecular weight is 248 g/mol. The summed E-state index contributed by atoms with van der Waals surface area (Å²) in [4.78, 5) is 25.5. The molecular weight excluding hydrogens is 232 g/mol. The largest absolute Gasteiger partial charge is 0.481 e. The zero-order valence-corrected chi connectivity index (χ0v) is 10.2. The monoisotopic (exact) mass is 248 g/mol. The van der Waals surface area contributed by atoms with Gasteiger partial charge in [0.2, 0.25) is 0 Å². The number of nitrogens with two attached hydrogens (primary N) is 1. The quantitative estimate of drug-likeness (QED) is 0.746. The summed E-state index contributed by atoms with van der Waals surface area (Å²) in [7, 11) is 0. The van der Waals surface area contributed by atoms with Gasteiger partial charge in [0.05, 0.1) is 0 Å². The molecule has 0 aliphatic rings. The molecule has 1 amide bonds. The molecule has 0 unspecified atom stereocenters. The standard InChI is InChI=1S/C13H16N2O3/c1-9(6-8-12(16)17)5-7-10-3-2-4-11(15-10)13(14)18/h2-5H,6-8H2,1H3,(H2,14,18)(H,16,17). The topological polar surface area (TPSA) is 93.3 Å². The number of carbonyl (C=O) groups excluding carboxylic acids is 1. The van der Waals surface area contributed by atoms with E-state index in [1.165, 1.54) is 0 Å². The highest BCUT2D eigenvalue weighted by Crippen LogP contribution is 2.07. The molecule has 96 valence electrons. The Morgan fingerprint density at radius 3 is 2.72 bits per heavy atom. The smallest absolute Gasteiger partial charge is 0.303 e. The number of hydrogen-bond donors (Lipinski definition) is 2. The van der Waals surface area contributed by atoms with Gasteiger partial charge < -0.3 is 10.8 Å². The number of carboxylic acids is 1. The van der Waals surface area contributed by atoms with Crippen molar-refractivity contribution < 1.29 is 14.7 Å². The van der Waals surface area contributed by atoms with Crippen molar-refractivity contribution in [2.45, 2.75) is 26.2 Å². The Hall–Kier alpha value is -2.17. The fourth-order valence-corrected chi connectivity index (χ4v) is 1.42. The minimum Gasteiger partial charge on any atom is -0.481 e. The van der Waals surface area contributed by atoms with Crippen molar-refractivity contribution in [2.24, 2.45) is 5.73 Å². The molecule has 0 atom stereocenters. The second-order valence-electron chi connectivity index (χ2n) is 4.03. The van der Waals surface area contributed by atoms with E-state index in [1.54, 1.807) is 18.2 Å². The van der Waals surface area contributed by atoms with E-state index in [2.05, 4.69) is 4.98 Å². The van der Waals surface area contributed by atoms with E-state index < -0.39 is 11.9 Å². The summed E-state index contributed by atoms with van der Waals surface area (Å²) in [6, 6.07) is 5.09. The average Bonchev–Trinajstić information content (AvgIpc) is 2.34. The van der Waals surface area contributed by atoms with Crippen molar-refractivity contribution in [1.82, 2.24) is 4.98 Å². The van der Waals surface area contributed by atoms with E-state index in [0.717, 1.165) is 11.3 Å². The number of carboxylic acid groups (broad SMARTS) is 1. The third-order valence-electron chi connectivity index (χ3n) is 2.45. The molecule has 0 bridgehead atoms. The molecule has 0 fully saturated rings. The third kappa shape index (κ3) is 4.78. The van der Waals surface area contributed by atoms with Crippen LogP contribution in [0.4, 0.5) is 0 Å². The maximum atomic E-state index is 10.9. The van der Waals surface area contributed by atoms with Crippen LogP contribution in [0.1, 0.15) is 35.9 Å². The highest BCUT2D eigenvalue weighted by atomic mass is 16.4. The molecule has 5 nitrogen and oxygen atoms in total. The Morgan fingerprint density at radius 1 is 1.39 bits per heavy atom. The summed E-state index contributed by atoms with van der Waals surface area (Å²) in [6.07, 6.45) is 3.12. The Labute approximate surface area is 105 Å². The number of carbonyl (C=O) groups is 2. The van der Waals surface area contributed by atoms with Crippen molar-refractivity contribution in [1.29, 1.82) is 0 Å². The van der Waals surface area contributed by atoms with Crippen molar-refractivity contribution in [3.8, 4) is 0 Å². The minimum absolute atomic E-state index is 0.122. The molecule has 0 aliphatic heterocycles. The number of pyridine rings is 1. The molecule has 1 rings (SSSR count). The molecule has 1 heterocycles. The SMILES string of the molecule is CC(=CCc1cccc(C(N)=O)n1)CCC(=O)O. The fourth-order valence-electron chi connectivity index (χ4n) is 1.42. The summed E-state index contributed by atoms with van der Waals surface area (Å²) in [6.45, 7) is 1.88. The van der Waals surface area contributed by atoms with Crippen molar-refractivity contribution in [3.63, 3.8) is 0 Å². The van der Waals surface area contributed by atoms with Crippen LogP contribution in [0.5, 0.6) is 0 Å². The van der Waals surface area contributed by atoms with Crippen molar-refractivity contribution >= 4 is 11.9 Å². The van der Waals surface area contributed by atoms with Crippen LogP contribution in [-0.4, -0.2) is 22.0 Å². The van der Waals surface area contributed by atoms with Crippen LogP contribution >= 0.6 is 0 Å². The molecule has 5 heteroatoms. The van der Waals surface area contributed by atoms with Gasteiger partial charge in [0, 0.05) is 18.5 Å². The van der Waals surface area contributed by atoms with E-state index in [9.17, 15) is 9.59 Å². The van der Waals surface area contributed by atoms with Gasteiger partial charge >= 0.3 is 5.97 Å². The number of rotatable bonds is 6. The lowest BCUT2D eigenvalue weighted by atomic mass is 10.1. The van der Waals surface area contributed by atoms with Crippen LogP contribution in [0.3, 0.4) is 0 Å². The molecule has 0 aromatic carbocycles. The van der Waals surface area contributed by atoms with Crippen molar-refractivity contribution in [2.75, 3.05) is 0 Å². The van der Waals surface area contributed by atoms with Gasteiger partial charge in [0.25, 0.3) is 5.91 Å². The summed E-state index contributed by atoms with van der Waals surface area (Å²) < 4.78 is 0. The van der Waals surface area contributed by atoms with Gasteiger partial charge in [0.15, 0.2) is 0 Å². The molecule has 0 radical (unpaired) electrons. The minimum atomic E-state index is -0.809. The van der Waals surface area contributed by atoms with Crippen LogP contribution in [-0.2, 0) is 11.2 Å². The third-order valence-corrected chi connectivity index (χ3v) is 2.45. The number of amides is 1. The second-order valence-corrected chi connectivity index (χ2v) is 4.03. The predicted molar refractivity (Wildman–Crippen MR) is 67.1 cm³/mol. The van der Waals surface area contributed by atoms with Gasteiger partial charge in [-0.2, -0.15) is 0 Å². The van der Waals surface area contributed by atoms with E-state index in [4.69, 9.17) is 10.8 Å². The number of nitrogens with zero attached hydrogens (tertiary/aromatic N) is 1. The molecule has 0 spiro atoms. The molecule has 1 aromatic rings. The van der Waals surface area contributed by atoms with E-state index >= 15 is 0 Å². The Morgan fingerprint density at radius 2 is 2.11 bits per heavy atom. The lowest BCUT2D eigenvalue weighted by Crippen LogP contribution is -2.13. The fraction of sp³-hybridized carbons (Fsp3) is 0.308. The Bertz CT molecular complexity index is 481. The van der Waals surface area contributed by atoms with Gasteiger partial charge in [0.1, 0.15) is 5.69 Å². The van der Waals surface area contributed by atoms with Gasteiger partial charge in [-0.3, -0.25) is 9.59 Å². The summed E-state index contributed by atoms with van der Waals surface area (Å²) in [5.74, 6) is -1.36. The lowest BCUT2D eigenvalue weighted by Gasteiger charge is -2.01. The zero-order valence-electron chi connectivity index (χ0n) is 10.2. The van der Waals surface area contributed by atoms with Crippen LogP contribution in [0, 0.1) is 0 Å². The number of aliphatic carboxylic acids is 1. The number of aromatic nitrogens is 1. The highest BCUT2D eigenvalue weighted by Gasteiger charge is 2.02. The molecule has 0 saturated carbocycles. The van der Waals surface area contributed by atoms with E-state index in [-0.39, 0.29) is 12.1 Å². The number of allylic oxidation sites excluding steroid dienone is 2. The van der Waals surface area contributed by atoms with Crippen LogP contribution in [0.15, 0.2) is 29.8 Å². The zero-order chi connectivity index (χ0) is 13.5. The Kier molecular flexibility index (Phi) is 5.05. The number of hydrogen-bond acceptors (Lipinski definition) is 3. The van der Waals surface area contributed by atoms with E-state index in [1.807, 2.05) is 13.0 Å². The molecule has 0 saturated heterocycles. The van der Waals surface area contributed by atoms with Crippen molar-refractivity contribution in [3.05, 3.63) is 41.2 Å². The maximum Gasteiger partial charge on any atom is 0.303 e. The first kappa shape index (κ1) is 13.9. The van der Waals surface area contributed by atoms with Gasteiger partial charge in [-0.05, 0) is 25.5 Å². The first-order valence-electron chi connectivity index (χ1n) is 5.62. The van der Waals surface area contributed by atoms with Gasteiger partial charge in [-0.25, -0.2) is 4.98 Å². The summed E-state index contributed by atoms with van der Waals surface area (Å²) in [5.41, 5.74) is 7.10. The summed E-state index contributed by atoms with van der Waals surface area (Å²) in [5, 5.41) is 8.55. The van der Waals surface area contributed by atoms with Gasteiger partial charge in [-0.1, -0.05) is 17.7 Å².